The SMILES string of the molecule is CCN1CCN(c2ccc(C(=O)Nc3ccc(C4CCN(C(=O)C(=O)c5ccccc5)CC4)cc3)cc2)CC1. The number of nitrogens with zero attached hydrogens (tertiary/aromatic N) is 3. The molecule has 0 saturated carbocycles. The molecule has 2 aliphatic heterocycles. The Labute approximate surface area is 230 Å². The third-order valence-electron chi connectivity index (χ3n) is 7.97. The zero-order valence-corrected chi connectivity index (χ0v) is 22.5. The molecule has 2 amide bonds. The fourth-order valence-corrected chi connectivity index (χ4v) is 5.46. The van der Waals surface area contributed by atoms with Crippen molar-refractivity contribution >= 4 is 29.0 Å². The van der Waals surface area contributed by atoms with Gasteiger partial charge in [-0.25, -0.2) is 0 Å². The van der Waals surface area contributed by atoms with Crippen LogP contribution in [-0.2, 0) is 4.79 Å². The molecule has 0 atom stereocenters. The summed E-state index contributed by atoms with van der Waals surface area (Å²) in [4.78, 5) is 44.5. The van der Waals surface area contributed by atoms with Gasteiger partial charge in [0.05, 0.1) is 0 Å². The van der Waals surface area contributed by atoms with Crippen LogP contribution in [-0.4, -0.2) is 73.2 Å². The predicted molar refractivity (Wildman–Crippen MR) is 154 cm³/mol. The summed E-state index contributed by atoms with van der Waals surface area (Å²) < 4.78 is 0. The van der Waals surface area contributed by atoms with Crippen LogP contribution in [0.25, 0.3) is 0 Å². The summed E-state index contributed by atoms with van der Waals surface area (Å²) in [5, 5.41) is 3.00. The first kappa shape index (κ1) is 26.6. The Morgan fingerprint density at radius 1 is 0.744 bits per heavy atom. The van der Waals surface area contributed by atoms with E-state index in [4.69, 9.17) is 0 Å². The monoisotopic (exact) mass is 524 g/mol. The number of hydrogen-bond acceptors (Lipinski definition) is 5. The van der Waals surface area contributed by atoms with Crippen molar-refractivity contribution in [3.63, 3.8) is 0 Å². The van der Waals surface area contributed by atoms with Crippen LogP contribution in [0.4, 0.5) is 11.4 Å². The number of Topliss-reactive ketones (excluding diaryl/α,β-unsaturated/α-hetero) is 1. The molecule has 7 heteroatoms. The van der Waals surface area contributed by atoms with Gasteiger partial charge in [0.2, 0.25) is 5.78 Å². The number of likely N-dealkylation sites (N-methyl/N-ethyl adjacent to an activating group) is 1. The molecule has 0 spiro atoms. The molecular weight excluding hydrogens is 488 g/mol. The molecule has 39 heavy (non-hydrogen) atoms. The van der Waals surface area contributed by atoms with Crippen LogP contribution in [0.15, 0.2) is 78.9 Å². The van der Waals surface area contributed by atoms with Crippen LogP contribution in [0.2, 0.25) is 0 Å². The molecule has 2 saturated heterocycles. The largest absolute Gasteiger partial charge is 0.369 e. The lowest BCUT2D eigenvalue weighted by Gasteiger charge is -2.35. The van der Waals surface area contributed by atoms with Gasteiger partial charge in [0, 0.05) is 61.8 Å². The number of rotatable bonds is 7. The Hall–Kier alpha value is -3.97. The smallest absolute Gasteiger partial charge is 0.294 e. The Morgan fingerprint density at radius 3 is 2.00 bits per heavy atom. The summed E-state index contributed by atoms with van der Waals surface area (Å²) in [6, 6.07) is 24.5. The molecule has 3 aromatic carbocycles. The van der Waals surface area contributed by atoms with E-state index in [9.17, 15) is 14.4 Å². The highest BCUT2D eigenvalue weighted by Crippen LogP contribution is 2.29. The lowest BCUT2D eigenvalue weighted by Crippen LogP contribution is -2.46. The molecular formula is C32H36N4O3. The molecule has 0 radical (unpaired) electrons. The number of benzene rings is 3. The van der Waals surface area contributed by atoms with Crippen molar-refractivity contribution in [2.24, 2.45) is 0 Å². The minimum atomic E-state index is -0.446. The fourth-order valence-electron chi connectivity index (χ4n) is 5.46. The second kappa shape index (κ2) is 12.3. The first-order valence-corrected chi connectivity index (χ1v) is 13.9. The maximum Gasteiger partial charge on any atom is 0.294 e. The molecule has 5 rings (SSSR count). The first-order chi connectivity index (χ1) is 19.0. The van der Waals surface area contributed by atoms with Gasteiger partial charge in [-0.2, -0.15) is 0 Å². The lowest BCUT2D eigenvalue weighted by atomic mass is 9.89. The van der Waals surface area contributed by atoms with Crippen molar-refractivity contribution in [1.29, 1.82) is 0 Å². The summed E-state index contributed by atoms with van der Waals surface area (Å²) in [5.41, 5.74) is 4.16. The summed E-state index contributed by atoms with van der Waals surface area (Å²) in [6.07, 6.45) is 1.61. The quantitative estimate of drug-likeness (QED) is 0.359. The van der Waals surface area contributed by atoms with Crippen molar-refractivity contribution in [3.05, 3.63) is 95.6 Å². The number of piperidine rings is 1. The normalized spacial score (nSPS) is 16.6. The molecule has 0 unspecified atom stereocenters. The van der Waals surface area contributed by atoms with Gasteiger partial charge in [-0.15, -0.1) is 0 Å². The molecule has 0 aromatic heterocycles. The molecule has 2 heterocycles. The minimum absolute atomic E-state index is 0.125. The van der Waals surface area contributed by atoms with Crippen LogP contribution in [0, 0.1) is 0 Å². The second-order valence-electron chi connectivity index (χ2n) is 10.3. The Kier molecular flexibility index (Phi) is 8.37. The van der Waals surface area contributed by atoms with Crippen molar-refractivity contribution in [2.45, 2.75) is 25.7 Å². The molecule has 3 aromatic rings. The molecule has 2 aliphatic rings. The highest BCUT2D eigenvalue weighted by molar-refractivity contribution is 6.42. The highest BCUT2D eigenvalue weighted by atomic mass is 16.2. The van der Waals surface area contributed by atoms with Crippen LogP contribution in [0.1, 0.15) is 52.0 Å². The summed E-state index contributed by atoms with van der Waals surface area (Å²) in [7, 11) is 0. The van der Waals surface area contributed by atoms with E-state index >= 15 is 0 Å². The molecule has 0 bridgehead atoms. The van der Waals surface area contributed by atoms with Crippen molar-refractivity contribution in [3.8, 4) is 0 Å². The third-order valence-corrected chi connectivity index (χ3v) is 7.97. The van der Waals surface area contributed by atoms with Crippen LogP contribution in [0.5, 0.6) is 0 Å². The summed E-state index contributed by atoms with van der Waals surface area (Å²) in [5.74, 6) is -0.680. The first-order valence-electron chi connectivity index (χ1n) is 13.9. The molecule has 1 N–H and O–H groups in total. The fraction of sp³-hybridized carbons (Fsp3) is 0.344. The third kappa shape index (κ3) is 6.37. The molecule has 0 aliphatic carbocycles. The summed E-state index contributed by atoms with van der Waals surface area (Å²) >= 11 is 0. The van der Waals surface area contributed by atoms with E-state index in [2.05, 4.69) is 22.0 Å². The van der Waals surface area contributed by atoms with E-state index in [1.807, 2.05) is 54.6 Å². The zero-order valence-electron chi connectivity index (χ0n) is 22.5. The van der Waals surface area contributed by atoms with Gasteiger partial charge in [-0.1, -0.05) is 49.4 Å². The standard InChI is InChI=1S/C32H36N4O3/c1-2-34-20-22-35(23-21-34)29-14-10-27(11-15-29)31(38)33-28-12-8-24(9-13-28)25-16-18-36(19-17-25)32(39)30(37)26-6-4-3-5-7-26/h3-15,25H,2,16-23H2,1H3,(H,33,38). The van der Waals surface area contributed by atoms with Gasteiger partial charge >= 0.3 is 0 Å². The zero-order chi connectivity index (χ0) is 27.2. The van der Waals surface area contributed by atoms with Crippen LogP contribution >= 0.6 is 0 Å². The van der Waals surface area contributed by atoms with Crippen molar-refractivity contribution in [1.82, 2.24) is 9.80 Å². The Balaban J connectivity index is 1.11. The van der Waals surface area contributed by atoms with Gasteiger partial charge in [0.25, 0.3) is 11.8 Å². The van der Waals surface area contributed by atoms with E-state index < -0.39 is 11.7 Å². The topological polar surface area (TPSA) is 73.0 Å². The predicted octanol–water partition coefficient (Wildman–Crippen LogP) is 4.67. The summed E-state index contributed by atoms with van der Waals surface area (Å²) in [6.45, 7) is 8.56. The molecule has 7 nitrogen and oxygen atoms in total. The average Bonchev–Trinajstić information content (AvgIpc) is 3.01. The van der Waals surface area contributed by atoms with E-state index in [1.165, 1.54) is 5.56 Å². The van der Waals surface area contributed by atoms with E-state index in [-0.39, 0.29) is 5.91 Å². The number of likely N-dealkylation sites (tertiary alicyclic amines) is 1. The van der Waals surface area contributed by atoms with Crippen molar-refractivity contribution in [2.75, 3.05) is 56.0 Å². The van der Waals surface area contributed by atoms with Gasteiger partial charge in [0.1, 0.15) is 0 Å². The van der Waals surface area contributed by atoms with E-state index in [0.29, 0.717) is 30.1 Å². The molecule has 202 valence electrons. The van der Waals surface area contributed by atoms with Gasteiger partial charge < -0.3 is 20.0 Å². The number of nitrogens with one attached hydrogen (secondary N) is 1. The number of amides is 2. The average molecular weight is 525 g/mol. The number of anilines is 2. The van der Waals surface area contributed by atoms with Crippen molar-refractivity contribution < 1.29 is 14.4 Å². The second-order valence-corrected chi connectivity index (χ2v) is 10.3. The van der Waals surface area contributed by atoms with Crippen LogP contribution in [0.3, 0.4) is 0 Å². The molecule has 2 fully saturated rings. The minimum Gasteiger partial charge on any atom is -0.369 e. The maximum atomic E-state index is 12.8. The number of carbonyl (C=O) groups is 3. The van der Waals surface area contributed by atoms with E-state index in [0.717, 1.165) is 56.9 Å². The number of hydrogen-bond donors (Lipinski definition) is 1. The Bertz CT molecular complexity index is 1280. The lowest BCUT2D eigenvalue weighted by molar-refractivity contribution is -0.127. The maximum absolute atomic E-state index is 12.8. The number of ketones is 1. The van der Waals surface area contributed by atoms with Gasteiger partial charge in [-0.3, -0.25) is 14.4 Å². The van der Waals surface area contributed by atoms with Gasteiger partial charge in [-0.05, 0) is 67.3 Å². The van der Waals surface area contributed by atoms with E-state index in [1.54, 1.807) is 29.2 Å². The van der Waals surface area contributed by atoms with Gasteiger partial charge in [0.15, 0.2) is 0 Å². The Morgan fingerprint density at radius 2 is 1.38 bits per heavy atom. The number of carbonyl (C=O) groups excluding carboxylic acids is 3. The highest BCUT2D eigenvalue weighted by Gasteiger charge is 2.28. The van der Waals surface area contributed by atoms with Crippen LogP contribution < -0.4 is 10.2 Å². The number of piperazine rings is 1.